The number of aromatic nitrogens is 1. The van der Waals surface area contributed by atoms with E-state index in [0.717, 1.165) is 18.4 Å². The number of hydrogen-bond acceptors (Lipinski definition) is 4. The highest BCUT2D eigenvalue weighted by Gasteiger charge is 2.19. The molecule has 6 nitrogen and oxygen atoms in total. The Hall–Kier alpha value is -3.15. The lowest BCUT2D eigenvalue weighted by molar-refractivity contribution is 0.0950. The van der Waals surface area contributed by atoms with E-state index in [1.54, 1.807) is 19.2 Å². The molecular weight excluding hydrogens is 344 g/mol. The van der Waals surface area contributed by atoms with Crippen LogP contribution in [0.15, 0.2) is 42.6 Å². The van der Waals surface area contributed by atoms with Gasteiger partial charge in [-0.05, 0) is 18.1 Å². The largest absolute Gasteiger partial charge is 0.496 e. The molecule has 2 N–H and O–H groups in total. The van der Waals surface area contributed by atoms with Crippen LogP contribution in [0.1, 0.15) is 22.3 Å². The van der Waals surface area contributed by atoms with Crippen molar-refractivity contribution in [1.82, 2.24) is 10.3 Å². The van der Waals surface area contributed by atoms with E-state index >= 15 is 0 Å². The number of methoxy groups -OCH3 is 1. The van der Waals surface area contributed by atoms with Crippen LogP contribution in [-0.4, -0.2) is 37.8 Å². The summed E-state index contributed by atoms with van der Waals surface area (Å²) in [6, 6.07) is 11.5. The van der Waals surface area contributed by atoms with Crippen LogP contribution in [0, 0.1) is 0 Å². The topological polar surface area (TPSA) is 72.6 Å². The highest BCUT2D eigenvalue weighted by Crippen LogP contribution is 2.36. The van der Waals surface area contributed by atoms with Crippen molar-refractivity contribution in [3.05, 3.63) is 53.7 Å². The normalized spacial score (nSPS) is 13.2. The predicted octanol–water partition coefficient (Wildman–Crippen LogP) is 3.31. The third-order valence-corrected chi connectivity index (χ3v) is 4.67. The number of benzene rings is 2. The van der Waals surface area contributed by atoms with Gasteiger partial charge in [-0.2, -0.15) is 0 Å². The van der Waals surface area contributed by atoms with Gasteiger partial charge >= 0.3 is 0 Å². The van der Waals surface area contributed by atoms with Crippen LogP contribution in [0.2, 0.25) is 0 Å². The molecule has 0 aliphatic carbocycles. The second kappa shape index (κ2) is 7.61. The molecule has 2 aromatic carbocycles. The van der Waals surface area contributed by atoms with Crippen molar-refractivity contribution in [2.24, 2.45) is 0 Å². The van der Waals surface area contributed by atoms with Crippen molar-refractivity contribution in [1.29, 1.82) is 0 Å². The number of ether oxygens (including phenoxy) is 3. The van der Waals surface area contributed by atoms with E-state index in [1.165, 1.54) is 10.9 Å². The van der Waals surface area contributed by atoms with E-state index < -0.39 is 0 Å². The number of rotatable bonds is 5. The molecule has 0 unspecified atom stereocenters. The van der Waals surface area contributed by atoms with Crippen molar-refractivity contribution in [2.45, 2.75) is 12.8 Å². The molecule has 0 spiro atoms. The summed E-state index contributed by atoms with van der Waals surface area (Å²) in [5, 5.41) is 4.15. The summed E-state index contributed by atoms with van der Waals surface area (Å²) in [7, 11) is 1.54. The molecular formula is C21H22N2O4. The molecule has 0 radical (unpaired) electrons. The van der Waals surface area contributed by atoms with Gasteiger partial charge in [-0.25, -0.2) is 0 Å². The zero-order valence-electron chi connectivity index (χ0n) is 15.2. The number of para-hydroxylation sites is 1. The summed E-state index contributed by atoms with van der Waals surface area (Å²) in [6.45, 7) is 1.69. The zero-order valence-corrected chi connectivity index (χ0v) is 15.2. The zero-order chi connectivity index (χ0) is 18.6. The number of fused-ring (bicyclic) bond motifs is 2. The van der Waals surface area contributed by atoms with Crippen molar-refractivity contribution < 1.29 is 19.0 Å². The van der Waals surface area contributed by atoms with Gasteiger partial charge in [0.05, 0.1) is 25.9 Å². The summed E-state index contributed by atoms with van der Waals surface area (Å²) in [6.07, 6.45) is 3.54. The molecule has 1 aromatic heterocycles. The van der Waals surface area contributed by atoms with Crippen LogP contribution >= 0.6 is 0 Å². The van der Waals surface area contributed by atoms with Gasteiger partial charge in [0.1, 0.15) is 5.75 Å². The van der Waals surface area contributed by atoms with Crippen LogP contribution in [-0.2, 0) is 6.42 Å². The van der Waals surface area contributed by atoms with Gasteiger partial charge in [-0.15, -0.1) is 0 Å². The summed E-state index contributed by atoms with van der Waals surface area (Å²) in [4.78, 5) is 15.9. The van der Waals surface area contributed by atoms with E-state index in [-0.39, 0.29) is 5.91 Å². The van der Waals surface area contributed by atoms with Crippen LogP contribution in [0.25, 0.3) is 10.9 Å². The molecule has 140 valence electrons. The Kier molecular flexibility index (Phi) is 4.87. The van der Waals surface area contributed by atoms with Gasteiger partial charge in [0.2, 0.25) is 0 Å². The lowest BCUT2D eigenvalue weighted by Crippen LogP contribution is -2.26. The highest BCUT2D eigenvalue weighted by molar-refractivity contribution is 5.97. The number of nitrogens with one attached hydrogen (secondary N) is 2. The second-order valence-electron chi connectivity index (χ2n) is 6.42. The fourth-order valence-corrected chi connectivity index (χ4v) is 3.28. The summed E-state index contributed by atoms with van der Waals surface area (Å²) < 4.78 is 16.7. The Morgan fingerprint density at radius 3 is 2.78 bits per heavy atom. The number of carbonyl (C=O) groups excluding carboxylic acids is 1. The first-order chi connectivity index (χ1) is 13.3. The SMILES string of the molecule is COc1cc2c(cc1C(=O)NCCc1c[nH]c3ccccc13)OCCCO2. The van der Waals surface area contributed by atoms with E-state index in [2.05, 4.69) is 16.4 Å². The lowest BCUT2D eigenvalue weighted by atomic mass is 10.1. The molecule has 0 saturated heterocycles. The highest BCUT2D eigenvalue weighted by atomic mass is 16.5. The van der Waals surface area contributed by atoms with Crippen molar-refractivity contribution in [2.75, 3.05) is 26.9 Å². The van der Waals surface area contributed by atoms with Gasteiger partial charge < -0.3 is 24.5 Å². The first kappa shape index (κ1) is 17.3. The molecule has 0 bridgehead atoms. The minimum atomic E-state index is -0.192. The lowest BCUT2D eigenvalue weighted by Gasteiger charge is -2.14. The van der Waals surface area contributed by atoms with Crippen LogP contribution in [0.3, 0.4) is 0 Å². The molecule has 4 rings (SSSR count). The number of H-pyrrole nitrogens is 1. The van der Waals surface area contributed by atoms with E-state index in [4.69, 9.17) is 14.2 Å². The quantitative estimate of drug-likeness (QED) is 0.727. The second-order valence-corrected chi connectivity index (χ2v) is 6.42. The van der Waals surface area contributed by atoms with Crippen LogP contribution in [0.4, 0.5) is 0 Å². The number of amides is 1. The molecule has 0 atom stereocenters. The molecule has 6 heteroatoms. The van der Waals surface area contributed by atoms with E-state index in [0.29, 0.717) is 42.6 Å². The Balaban J connectivity index is 1.47. The fourth-order valence-electron chi connectivity index (χ4n) is 3.28. The van der Waals surface area contributed by atoms with Gasteiger partial charge in [0, 0.05) is 42.2 Å². The van der Waals surface area contributed by atoms with E-state index in [1.807, 2.05) is 24.4 Å². The Bertz CT molecular complexity index is 964. The molecule has 3 aromatic rings. The average molecular weight is 366 g/mol. The summed E-state index contributed by atoms with van der Waals surface area (Å²) >= 11 is 0. The maximum Gasteiger partial charge on any atom is 0.255 e. The average Bonchev–Trinajstić information content (AvgIpc) is 2.96. The predicted molar refractivity (Wildman–Crippen MR) is 103 cm³/mol. The van der Waals surface area contributed by atoms with Crippen LogP contribution in [0.5, 0.6) is 17.2 Å². The Morgan fingerprint density at radius 2 is 1.96 bits per heavy atom. The van der Waals surface area contributed by atoms with Gasteiger partial charge in [-0.3, -0.25) is 4.79 Å². The minimum absolute atomic E-state index is 0.192. The monoisotopic (exact) mass is 366 g/mol. The summed E-state index contributed by atoms with van der Waals surface area (Å²) in [5.41, 5.74) is 2.72. The molecule has 0 saturated carbocycles. The van der Waals surface area contributed by atoms with Gasteiger partial charge in [0.25, 0.3) is 5.91 Å². The van der Waals surface area contributed by atoms with Gasteiger partial charge in [-0.1, -0.05) is 18.2 Å². The van der Waals surface area contributed by atoms with Crippen molar-refractivity contribution >= 4 is 16.8 Å². The maximum absolute atomic E-state index is 12.7. The molecule has 2 heterocycles. The molecule has 1 aliphatic rings. The van der Waals surface area contributed by atoms with Crippen LogP contribution < -0.4 is 19.5 Å². The molecule has 0 fully saturated rings. The van der Waals surface area contributed by atoms with Gasteiger partial charge in [0.15, 0.2) is 11.5 Å². The molecule has 1 aliphatic heterocycles. The first-order valence-corrected chi connectivity index (χ1v) is 9.07. The first-order valence-electron chi connectivity index (χ1n) is 9.07. The third-order valence-electron chi connectivity index (χ3n) is 4.67. The smallest absolute Gasteiger partial charge is 0.255 e. The minimum Gasteiger partial charge on any atom is -0.496 e. The number of hydrogen-bond donors (Lipinski definition) is 2. The maximum atomic E-state index is 12.7. The number of carbonyl (C=O) groups is 1. The van der Waals surface area contributed by atoms with E-state index in [9.17, 15) is 4.79 Å². The van der Waals surface area contributed by atoms with Crippen molar-refractivity contribution in [3.8, 4) is 17.2 Å². The Labute approximate surface area is 157 Å². The standard InChI is InChI=1S/C21H22N2O4/c1-25-18-12-20-19(26-9-4-10-27-20)11-16(18)21(24)22-8-7-14-13-23-17-6-3-2-5-15(14)17/h2-3,5-6,11-13,23H,4,7-10H2,1H3,(H,22,24). The molecule has 27 heavy (non-hydrogen) atoms. The molecule has 1 amide bonds. The number of aromatic amines is 1. The van der Waals surface area contributed by atoms with Crippen molar-refractivity contribution in [3.63, 3.8) is 0 Å². The Morgan fingerprint density at radius 1 is 1.19 bits per heavy atom. The fraction of sp³-hybridized carbons (Fsp3) is 0.286. The third kappa shape index (κ3) is 3.56. The summed E-state index contributed by atoms with van der Waals surface area (Å²) in [5.74, 6) is 1.47.